The van der Waals surface area contributed by atoms with E-state index in [1.807, 2.05) is 43.3 Å². The largest absolute Gasteiger partial charge is 0.376 e. The van der Waals surface area contributed by atoms with Crippen LogP contribution in [0.1, 0.15) is 34.5 Å². The van der Waals surface area contributed by atoms with Crippen molar-refractivity contribution < 1.29 is 9.53 Å². The molecule has 1 fully saturated rings. The van der Waals surface area contributed by atoms with Crippen molar-refractivity contribution in [1.82, 2.24) is 19.7 Å². The maximum absolute atomic E-state index is 13.2. The summed E-state index contributed by atoms with van der Waals surface area (Å²) in [4.78, 5) is 39.1. The number of hydrogen-bond donors (Lipinski definition) is 1. The van der Waals surface area contributed by atoms with Crippen molar-refractivity contribution in [1.29, 1.82) is 0 Å². The topological polar surface area (TPSA) is 95.2 Å². The Kier molecular flexibility index (Phi) is 6.08. The van der Waals surface area contributed by atoms with Gasteiger partial charge in [0.25, 0.3) is 11.5 Å². The van der Waals surface area contributed by atoms with Gasteiger partial charge in [0.05, 0.1) is 18.3 Å². The summed E-state index contributed by atoms with van der Waals surface area (Å²) in [6.45, 7) is 2.89. The third-order valence-electron chi connectivity index (χ3n) is 5.22. The minimum absolute atomic E-state index is 0.0405. The summed E-state index contributed by atoms with van der Waals surface area (Å²) < 4.78 is 7.68. The molecule has 1 amide bonds. The molecule has 0 radical (unpaired) electrons. The molecular formula is C23H24N4O4. The SMILES string of the molecule is Cc1cccc(-n2nc(C(=O)NC[C@@H]3CCCO3)c(=O)n(Cc3ccccc3)c2=O)c1. The van der Waals surface area contributed by atoms with Gasteiger partial charge in [0.2, 0.25) is 5.69 Å². The van der Waals surface area contributed by atoms with Crippen molar-refractivity contribution in [3.05, 3.63) is 92.3 Å². The molecule has 1 aliphatic heterocycles. The lowest BCUT2D eigenvalue weighted by Crippen LogP contribution is -2.46. The van der Waals surface area contributed by atoms with E-state index in [0.29, 0.717) is 18.8 Å². The van der Waals surface area contributed by atoms with Crippen molar-refractivity contribution in [2.75, 3.05) is 13.2 Å². The molecule has 8 heteroatoms. The second-order valence-corrected chi connectivity index (χ2v) is 7.60. The lowest BCUT2D eigenvalue weighted by molar-refractivity contribution is 0.0849. The van der Waals surface area contributed by atoms with Gasteiger partial charge >= 0.3 is 5.69 Å². The van der Waals surface area contributed by atoms with Crippen molar-refractivity contribution >= 4 is 5.91 Å². The first-order valence-electron chi connectivity index (χ1n) is 10.3. The van der Waals surface area contributed by atoms with Crippen LogP contribution in [0.3, 0.4) is 0 Å². The van der Waals surface area contributed by atoms with Gasteiger partial charge in [-0.25, -0.2) is 4.79 Å². The number of nitrogens with one attached hydrogen (secondary N) is 1. The van der Waals surface area contributed by atoms with Gasteiger partial charge in [0.15, 0.2) is 0 Å². The fourth-order valence-electron chi connectivity index (χ4n) is 3.59. The van der Waals surface area contributed by atoms with Gasteiger partial charge in [-0.2, -0.15) is 9.78 Å². The molecule has 4 rings (SSSR count). The zero-order chi connectivity index (χ0) is 21.8. The maximum Gasteiger partial charge on any atom is 0.352 e. The molecule has 1 aliphatic rings. The standard InChI is InChI=1S/C23H24N4O4/c1-16-7-5-10-18(13-16)27-23(30)26(15-17-8-3-2-4-9-17)22(29)20(25-27)21(28)24-14-19-11-6-12-31-19/h2-5,7-10,13,19H,6,11-12,14-15H2,1H3,(H,24,28)/t19-/m0/s1. The molecule has 0 unspecified atom stereocenters. The summed E-state index contributed by atoms with van der Waals surface area (Å²) in [5, 5.41) is 6.88. The second-order valence-electron chi connectivity index (χ2n) is 7.60. The van der Waals surface area contributed by atoms with E-state index in [1.165, 1.54) is 0 Å². The normalized spacial score (nSPS) is 15.7. The Bertz CT molecular complexity index is 1190. The van der Waals surface area contributed by atoms with Gasteiger partial charge < -0.3 is 10.1 Å². The van der Waals surface area contributed by atoms with Crippen molar-refractivity contribution in [3.63, 3.8) is 0 Å². The Hall–Kier alpha value is -3.52. The minimum atomic E-state index is -0.720. The van der Waals surface area contributed by atoms with E-state index in [0.717, 1.165) is 33.2 Å². The number of rotatable bonds is 6. The van der Waals surface area contributed by atoms with Gasteiger partial charge in [-0.3, -0.25) is 14.2 Å². The van der Waals surface area contributed by atoms with E-state index in [1.54, 1.807) is 18.2 Å². The highest BCUT2D eigenvalue weighted by Gasteiger charge is 2.22. The first-order valence-corrected chi connectivity index (χ1v) is 10.3. The molecule has 3 aromatic rings. The lowest BCUT2D eigenvalue weighted by Gasteiger charge is -2.14. The quantitative estimate of drug-likeness (QED) is 0.654. The van der Waals surface area contributed by atoms with E-state index in [2.05, 4.69) is 10.4 Å². The number of benzene rings is 2. The van der Waals surface area contributed by atoms with Gasteiger partial charge in [-0.05, 0) is 43.0 Å². The average molecular weight is 420 g/mol. The predicted octanol–water partition coefficient (Wildman–Crippen LogP) is 1.66. The summed E-state index contributed by atoms with van der Waals surface area (Å²) in [6.07, 6.45) is 1.73. The van der Waals surface area contributed by atoms with Crippen molar-refractivity contribution in [3.8, 4) is 5.69 Å². The monoisotopic (exact) mass is 420 g/mol. The molecule has 8 nitrogen and oxygen atoms in total. The molecule has 0 aliphatic carbocycles. The Labute approximate surface area is 179 Å². The highest BCUT2D eigenvalue weighted by molar-refractivity contribution is 5.91. The molecule has 2 aromatic carbocycles. The van der Waals surface area contributed by atoms with Crippen LogP contribution in [0.2, 0.25) is 0 Å². The number of nitrogens with zero attached hydrogens (tertiary/aromatic N) is 3. The first kappa shape index (κ1) is 20.7. The molecular weight excluding hydrogens is 396 g/mol. The Morgan fingerprint density at radius 3 is 2.68 bits per heavy atom. The number of carbonyl (C=O) groups is 1. The third-order valence-corrected chi connectivity index (χ3v) is 5.22. The third kappa shape index (κ3) is 4.64. The van der Waals surface area contributed by atoms with Gasteiger partial charge in [-0.15, -0.1) is 0 Å². The van der Waals surface area contributed by atoms with Crippen LogP contribution in [0.5, 0.6) is 0 Å². The fourth-order valence-corrected chi connectivity index (χ4v) is 3.59. The van der Waals surface area contributed by atoms with Crippen LogP contribution in [0.4, 0.5) is 0 Å². The Balaban J connectivity index is 1.76. The van der Waals surface area contributed by atoms with Gasteiger partial charge in [0, 0.05) is 13.2 Å². The van der Waals surface area contributed by atoms with Gasteiger partial charge in [0.1, 0.15) is 0 Å². The molecule has 1 saturated heterocycles. The summed E-state index contributed by atoms with van der Waals surface area (Å²) >= 11 is 0. The van der Waals surface area contributed by atoms with Crippen LogP contribution >= 0.6 is 0 Å². The van der Waals surface area contributed by atoms with Gasteiger partial charge in [-0.1, -0.05) is 42.5 Å². The molecule has 31 heavy (non-hydrogen) atoms. The number of aromatic nitrogens is 3. The number of aryl methyl sites for hydroxylation is 1. The Morgan fingerprint density at radius 2 is 1.97 bits per heavy atom. The summed E-state index contributed by atoms with van der Waals surface area (Å²) in [6, 6.07) is 16.3. The zero-order valence-electron chi connectivity index (χ0n) is 17.3. The van der Waals surface area contributed by atoms with Crippen LogP contribution in [-0.4, -0.2) is 39.5 Å². The molecule has 1 atom stereocenters. The zero-order valence-corrected chi connectivity index (χ0v) is 17.3. The highest BCUT2D eigenvalue weighted by atomic mass is 16.5. The van der Waals surface area contributed by atoms with E-state index in [4.69, 9.17) is 4.74 Å². The molecule has 2 heterocycles. The van der Waals surface area contributed by atoms with Crippen LogP contribution in [0.15, 0.2) is 64.2 Å². The second kappa shape index (κ2) is 9.09. The van der Waals surface area contributed by atoms with Crippen molar-refractivity contribution in [2.24, 2.45) is 0 Å². The van der Waals surface area contributed by atoms with Crippen molar-refractivity contribution in [2.45, 2.75) is 32.4 Å². The summed E-state index contributed by atoms with van der Waals surface area (Å²) in [7, 11) is 0. The van der Waals surface area contributed by atoms with Crippen LogP contribution in [-0.2, 0) is 11.3 Å². The molecule has 1 N–H and O–H groups in total. The van der Waals surface area contributed by atoms with E-state index >= 15 is 0 Å². The minimum Gasteiger partial charge on any atom is -0.376 e. The number of hydrogen-bond acceptors (Lipinski definition) is 5. The molecule has 160 valence electrons. The number of carbonyl (C=O) groups excluding carboxylic acids is 1. The number of amides is 1. The van der Waals surface area contributed by atoms with Crippen LogP contribution in [0.25, 0.3) is 5.69 Å². The molecule has 0 bridgehead atoms. The summed E-state index contributed by atoms with van der Waals surface area (Å²) in [5.41, 5.74) is 0.540. The van der Waals surface area contributed by atoms with E-state index in [9.17, 15) is 14.4 Å². The van der Waals surface area contributed by atoms with Crippen LogP contribution in [0, 0.1) is 6.92 Å². The number of ether oxygens (including phenoxy) is 1. The molecule has 0 spiro atoms. The Morgan fingerprint density at radius 1 is 1.16 bits per heavy atom. The smallest absolute Gasteiger partial charge is 0.352 e. The van der Waals surface area contributed by atoms with E-state index in [-0.39, 0.29) is 18.3 Å². The molecule has 1 aromatic heterocycles. The molecule has 0 saturated carbocycles. The highest BCUT2D eigenvalue weighted by Crippen LogP contribution is 2.11. The van der Waals surface area contributed by atoms with E-state index < -0.39 is 17.2 Å². The average Bonchev–Trinajstić information content (AvgIpc) is 3.29. The lowest BCUT2D eigenvalue weighted by atomic mass is 10.2. The fraction of sp³-hybridized carbons (Fsp3) is 0.304. The summed E-state index contributed by atoms with van der Waals surface area (Å²) in [5.74, 6) is -0.622. The predicted molar refractivity (Wildman–Crippen MR) is 116 cm³/mol. The first-order chi connectivity index (χ1) is 15.0. The van der Waals surface area contributed by atoms with Crippen LogP contribution < -0.4 is 16.6 Å². The maximum atomic E-state index is 13.2.